The first-order valence-corrected chi connectivity index (χ1v) is 6.19. The number of ether oxygens (including phenoxy) is 1. The predicted octanol–water partition coefficient (Wildman–Crippen LogP) is 1.41. The van der Waals surface area contributed by atoms with E-state index in [0.29, 0.717) is 19.7 Å². The summed E-state index contributed by atoms with van der Waals surface area (Å²) >= 11 is 0. The molecule has 0 unspecified atom stereocenters. The third-order valence-electron chi connectivity index (χ3n) is 2.69. The number of benzene rings is 1. The van der Waals surface area contributed by atoms with E-state index in [1.807, 2.05) is 32.0 Å². The molecular weight excluding hydrogens is 228 g/mol. The Labute approximate surface area is 109 Å². The topological polar surface area (TPSA) is 50.4 Å². The summed E-state index contributed by atoms with van der Waals surface area (Å²) < 4.78 is 4.89. The van der Waals surface area contributed by atoms with E-state index in [1.165, 1.54) is 5.56 Å². The monoisotopic (exact) mass is 250 g/mol. The summed E-state index contributed by atoms with van der Waals surface area (Å²) in [5, 5.41) is 5.98. The standard InChI is InChI=1S/C14H22N2O2/c1-11-5-4-6-13(9-11)12(2)16-14(17)10-15-7-8-18-3/h4-6,9,12,15H,7-8,10H2,1-3H3,(H,16,17)/t12-/m1/s1. The van der Waals surface area contributed by atoms with Gasteiger partial charge in [0.2, 0.25) is 5.91 Å². The molecule has 0 bridgehead atoms. The van der Waals surface area contributed by atoms with Gasteiger partial charge in [0.1, 0.15) is 0 Å². The maximum atomic E-state index is 11.7. The van der Waals surface area contributed by atoms with Crippen LogP contribution in [0.25, 0.3) is 0 Å². The Hall–Kier alpha value is -1.39. The SMILES string of the molecule is COCCNCC(=O)N[C@H](C)c1cccc(C)c1. The van der Waals surface area contributed by atoms with Gasteiger partial charge < -0.3 is 15.4 Å². The first-order chi connectivity index (χ1) is 8.63. The Bertz CT molecular complexity index is 380. The minimum atomic E-state index is 0.000101. The smallest absolute Gasteiger partial charge is 0.234 e. The maximum Gasteiger partial charge on any atom is 0.234 e. The van der Waals surface area contributed by atoms with Crippen molar-refractivity contribution >= 4 is 5.91 Å². The van der Waals surface area contributed by atoms with Gasteiger partial charge in [-0.1, -0.05) is 29.8 Å². The number of carbonyl (C=O) groups excluding carboxylic acids is 1. The van der Waals surface area contributed by atoms with Crippen molar-refractivity contribution in [3.05, 3.63) is 35.4 Å². The van der Waals surface area contributed by atoms with Gasteiger partial charge >= 0.3 is 0 Å². The van der Waals surface area contributed by atoms with E-state index in [2.05, 4.69) is 16.7 Å². The van der Waals surface area contributed by atoms with Crippen molar-refractivity contribution in [3.8, 4) is 0 Å². The van der Waals surface area contributed by atoms with Crippen molar-refractivity contribution in [2.24, 2.45) is 0 Å². The average molecular weight is 250 g/mol. The fourth-order valence-corrected chi connectivity index (χ4v) is 1.69. The lowest BCUT2D eigenvalue weighted by molar-refractivity contribution is -0.120. The number of hydrogen-bond acceptors (Lipinski definition) is 3. The molecule has 4 nitrogen and oxygen atoms in total. The van der Waals surface area contributed by atoms with Crippen molar-refractivity contribution < 1.29 is 9.53 Å². The van der Waals surface area contributed by atoms with Gasteiger partial charge in [-0.3, -0.25) is 4.79 Å². The molecule has 18 heavy (non-hydrogen) atoms. The van der Waals surface area contributed by atoms with Crippen molar-refractivity contribution in [1.82, 2.24) is 10.6 Å². The summed E-state index contributed by atoms with van der Waals surface area (Å²) in [7, 11) is 1.64. The highest BCUT2D eigenvalue weighted by Crippen LogP contribution is 2.13. The maximum absolute atomic E-state index is 11.7. The van der Waals surface area contributed by atoms with Crippen LogP contribution < -0.4 is 10.6 Å². The van der Waals surface area contributed by atoms with Gasteiger partial charge in [-0.2, -0.15) is 0 Å². The zero-order valence-electron chi connectivity index (χ0n) is 11.3. The summed E-state index contributed by atoms with van der Waals surface area (Å²) in [6, 6.07) is 8.19. The lowest BCUT2D eigenvalue weighted by Crippen LogP contribution is -2.36. The molecule has 2 N–H and O–H groups in total. The second-order valence-electron chi connectivity index (χ2n) is 4.37. The number of carbonyl (C=O) groups is 1. The molecule has 1 rings (SSSR count). The van der Waals surface area contributed by atoms with Gasteiger partial charge in [0.15, 0.2) is 0 Å². The van der Waals surface area contributed by atoms with Crippen LogP contribution in [0.15, 0.2) is 24.3 Å². The van der Waals surface area contributed by atoms with Crippen molar-refractivity contribution in [1.29, 1.82) is 0 Å². The summed E-state index contributed by atoms with van der Waals surface area (Å²) in [6.07, 6.45) is 0. The molecular formula is C14H22N2O2. The molecule has 1 aromatic rings. The predicted molar refractivity (Wildman–Crippen MR) is 72.5 cm³/mol. The largest absolute Gasteiger partial charge is 0.383 e. The Morgan fingerprint density at radius 3 is 2.89 bits per heavy atom. The van der Waals surface area contributed by atoms with E-state index in [9.17, 15) is 4.79 Å². The van der Waals surface area contributed by atoms with Gasteiger partial charge in [-0.05, 0) is 19.4 Å². The molecule has 100 valence electrons. The molecule has 0 heterocycles. The van der Waals surface area contributed by atoms with Crippen LogP contribution in [-0.2, 0) is 9.53 Å². The number of aryl methyl sites for hydroxylation is 1. The Morgan fingerprint density at radius 1 is 1.44 bits per heavy atom. The number of methoxy groups -OCH3 is 1. The fourth-order valence-electron chi connectivity index (χ4n) is 1.69. The molecule has 0 fully saturated rings. The summed E-state index contributed by atoms with van der Waals surface area (Å²) in [5.74, 6) is 0.000101. The van der Waals surface area contributed by atoms with Crippen LogP contribution in [0.1, 0.15) is 24.1 Å². The Kier molecular flexibility index (Phi) is 6.39. The van der Waals surface area contributed by atoms with Crippen LogP contribution >= 0.6 is 0 Å². The average Bonchev–Trinajstić information content (AvgIpc) is 2.34. The molecule has 0 saturated heterocycles. The van der Waals surface area contributed by atoms with E-state index >= 15 is 0 Å². The van der Waals surface area contributed by atoms with E-state index in [-0.39, 0.29) is 11.9 Å². The fraction of sp³-hybridized carbons (Fsp3) is 0.500. The van der Waals surface area contributed by atoms with E-state index in [0.717, 1.165) is 5.56 Å². The summed E-state index contributed by atoms with van der Waals surface area (Å²) in [4.78, 5) is 11.7. The second-order valence-corrected chi connectivity index (χ2v) is 4.37. The zero-order chi connectivity index (χ0) is 13.4. The lowest BCUT2D eigenvalue weighted by Gasteiger charge is -2.15. The highest BCUT2D eigenvalue weighted by Gasteiger charge is 2.08. The highest BCUT2D eigenvalue weighted by molar-refractivity contribution is 5.78. The third kappa shape index (κ3) is 5.29. The van der Waals surface area contributed by atoms with Crippen LogP contribution in [-0.4, -0.2) is 32.7 Å². The minimum Gasteiger partial charge on any atom is -0.383 e. The van der Waals surface area contributed by atoms with Crippen molar-refractivity contribution in [2.75, 3.05) is 26.8 Å². The number of amides is 1. The molecule has 0 aliphatic heterocycles. The zero-order valence-corrected chi connectivity index (χ0v) is 11.3. The minimum absolute atomic E-state index is 0.000101. The molecule has 0 saturated carbocycles. The van der Waals surface area contributed by atoms with Crippen LogP contribution in [0.4, 0.5) is 0 Å². The Balaban J connectivity index is 2.35. The first-order valence-electron chi connectivity index (χ1n) is 6.19. The second kappa shape index (κ2) is 7.84. The Morgan fingerprint density at radius 2 is 2.22 bits per heavy atom. The third-order valence-corrected chi connectivity index (χ3v) is 2.69. The van der Waals surface area contributed by atoms with Crippen LogP contribution in [0.3, 0.4) is 0 Å². The van der Waals surface area contributed by atoms with Gasteiger partial charge in [0, 0.05) is 13.7 Å². The summed E-state index contributed by atoms with van der Waals surface area (Å²) in [6.45, 7) is 5.65. The van der Waals surface area contributed by atoms with Crippen LogP contribution in [0, 0.1) is 6.92 Å². The molecule has 1 atom stereocenters. The molecule has 0 radical (unpaired) electrons. The number of rotatable bonds is 7. The van der Waals surface area contributed by atoms with E-state index in [4.69, 9.17) is 4.74 Å². The van der Waals surface area contributed by atoms with Gasteiger partial charge in [0.25, 0.3) is 0 Å². The molecule has 0 aliphatic rings. The lowest BCUT2D eigenvalue weighted by atomic mass is 10.1. The highest BCUT2D eigenvalue weighted by atomic mass is 16.5. The van der Waals surface area contributed by atoms with Crippen LogP contribution in [0.2, 0.25) is 0 Å². The van der Waals surface area contributed by atoms with E-state index in [1.54, 1.807) is 7.11 Å². The van der Waals surface area contributed by atoms with Crippen molar-refractivity contribution in [2.45, 2.75) is 19.9 Å². The van der Waals surface area contributed by atoms with Crippen molar-refractivity contribution in [3.63, 3.8) is 0 Å². The van der Waals surface area contributed by atoms with E-state index < -0.39 is 0 Å². The molecule has 0 aliphatic carbocycles. The van der Waals surface area contributed by atoms with Crippen LogP contribution in [0.5, 0.6) is 0 Å². The normalized spacial score (nSPS) is 12.2. The molecule has 1 amide bonds. The molecule has 0 spiro atoms. The molecule has 4 heteroatoms. The van der Waals surface area contributed by atoms with Gasteiger partial charge in [-0.15, -0.1) is 0 Å². The number of nitrogens with one attached hydrogen (secondary N) is 2. The molecule has 0 aromatic heterocycles. The number of hydrogen-bond donors (Lipinski definition) is 2. The van der Waals surface area contributed by atoms with Gasteiger partial charge in [-0.25, -0.2) is 0 Å². The first kappa shape index (κ1) is 14.7. The quantitative estimate of drug-likeness (QED) is 0.719. The van der Waals surface area contributed by atoms with Gasteiger partial charge in [0.05, 0.1) is 19.2 Å². The summed E-state index contributed by atoms with van der Waals surface area (Å²) in [5.41, 5.74) is 2.33. The molecule has 1 aromatic carbocycles.